The van der Waals surface area contributed by atoms with Crippen molar-refractivity contribution in [2.75, 3.05) is 6.54 Å². The minimum absolute atomic E-state index is 0.0305. The zero-order chi connectivity index (χ0) is 14.8. The van der Waals surface area contributed by atoms with E-state index in [2.05, 4.69) is 5.16 Å². The molecule has 2 rings (SSSR count). The monoisotopic (exact) mass is 281 g/mol. The van der Waals surface area contributed by atoms with Gasteiger partial charge in [-0.1, -0.05) is 24.9 Å². The quantitative estimate of drug-likeness (QED) is 0.361. The van der Waals surface area contributed by atoms with Crippen molar-refractivity contribution in [2.45, 2.75) is 64.8 Å². The number of oxime groups is 1. The standard InChI is InChI=1S/C15H27N3O2/c1-3-15(2,13(16)17-20)14(19)18-10-6-8-11-7-4-5-9-12(11)18/h11-12,20H,3-10H2,1-2H3,(H2,16,17)/t11-,12-,15?/m1/s1. The average molecular weight is 281 g/mol. The van der Waals surface area contributed by atoms with Gasteiger partial charge in [0, 0.05) is 12.6 Å². The largest absolute Gasteiger partial charge is 0.409 e. The summed E-state index contributed by atoms with van der Waals surface area (Å²) in [5.41, 5.74) is 4.91. The van der Waals surface area contributed by atoms with E-state index in [0.717, 1.165) is 19.4 Å². The van der Waals surface area contributed by atoms with Crippen molar-refractivity contribution in [3.05, 3.63) is 0 Å². The van der Waals surface area contributed by atoms with Crippen molar-refractivity contribution in [3.8, 4) is 0 Å². The molecule has 1 heterocycles. The number of hydrogen-bond acceptors (Lipinski definition) is 3. The highest BCUT2D eigenvalue weighted by Gasteiger charge is 2.44. The molecular formula is C15H27N3O2. The molecule has 1 saturated heterocycles. The van der Waals surface area contributed by atoms with Gasteiger partial charge in [-0.25, -0.2) is 0 Å². The van der Waals surface area contributed by atoms with Gasteiger partial charge in [0.05, 0.1) is 0 Å². The second-order valence-corrected chi connectivity index (χ2v) is 6.42. The van der Waals surface area contributed by atoms with Gasteiger partial charge < -0.3 is 15.8 Å². The van der Waals surface area contributed by atoms with E-state index in [9.17, 15) is 4.79 Å². The summed E-state index contributed by atoms with van der Waals surface area (Å²) < 4.78 is 0. The molecule has 1 unspecified atom stereocenters. The van der Waals surface area contributed by atoms with E-state index >= 15 is 0 Å². The van der Waals surface area contributed by atoms with Crippen molar-refractivity contribution in [1.29, 1.82) is 0 Å². The number of fused-ring (bicyclic) bond motifs is 1. The van der Waals surface area contributed by atoms with E-state index < -0.39 is 5.41 Å². The van der Waals surface area contributed by atoms with Crippen LogP contribution in [0.15, 0.2) is 5.16 Å². The fourth-order valence-electron chi connectivity index (χ4n) is 3.75. The van der Waals surface area contributed by atoms with Gasteiger partial charge in [-0.3, -0.25) is 4.79 Å². The number of rotatable bonds is 3. The Morgan fingerprint density at radius 1 is 1.35 bits per heavy atom. The summed E-state index contributed by atoms with van der Waals surface area (Å²) in [7, 11) is 0. The number of likely N-dealkylation sites (tertiary alicyclic amines) is 1. The lowest BCUT2D eigenvalue weighted by Crippen LogP contribution is -2.56. The number of amides is 1. The molecule has 0 aromatic carbocycles. The highest BCUT2D eigenvalue weighted by atomic mass is 16.4. The number of nitrogens with zero attached hydrogens (tertiary/aromatic N) is 2. The van der Waals surface area contributed by atoms with Crippen LogP contribution in [0.2, 0.25) is 0 Å². The second kappa shape index (κ2) is 6.02. The SMILES string of the molecule is CCC(C)(C(=O)N1CCC[C@H]2CCCC[C@H]21)C(N)=NO. The van der Waals surface area contributed by atoms with Crippen LogP contribution in [0, 0.1) is 11.3 Å². The average Bonchev–Trinajstić information content (AvgIpc) is 2.51. The van der Waals surface area contributed by atoms with Gasteiger partial charge in [0.15, 0.2) is 5.84 Å². The molecule has 0 radical (unpaired) electrons. The van der Waals surface area contributed by atoms with Gasteiger partial charge in [-0.2, -0.15) is 0 Å². The minimum Gasteiger partial charge on any atom is -0.409 e. The van der Waals surface area contributed by atoms with E-state index in [4.69, 9.17) is 10.9 Å². The zero-order valence-corrected chi connectivity index (χ0v) is 12.6. The third kappa shape index (κ3) is 2.50. The van der Waals surface area contributed by atoms with Crippen LogP contribution in [0.3, 0.4) is 0 Å². The third-order valence-corrected chi connectivity index (χ3v) is 5.36. The fraction of sp³-hybridized carbons (Fsp3) is 0.867. The van der Waals surface area contributed by atoms with Crippen molar-refractivity contribution < 1.29 is 10.0 Å². The highest BCUT2D eigenvalue weighted by Crippen LogP contribution is 2.38. The Morgan fingerprint density at radius 3 is 2.65 bits per heavy atom. The summed E-state index contributed by atoms with van der Waals surface area (Å²) in [4.78, 5) is 15.0. The Hall–Kier alpha value is -1.26. The molecule has 2 fully saturated rings. The number of carbonyl (C=O) groups is 1. The van der Waals surface area contributed by atoms with E-state index in [0.29, 0.717) is 18.4 Å². The Kier molecular flexibility index (Phi) is 4.55. The molecule has 0 aromatic heterocycles. The molecule has 2 aliphatic rings. The summed E-state index contributed by atoms with van der Waals surface area (Å²) in [6.07, 6.45) is 7.69. The smallest absolute Gasteiger partial charge is 0.236 e. The predicted molar refractivity (Wildman–Crippen MR) is 78.5 cm³/mol. The van der Waals surface area contributed by atoms with Gasteiger partial charge in [-0.15, -0.1) is 0 Å². The maximum absolute atomic E-state index is 13.0. The number of piperidine rings is 1. The predicted octanol–water partition coefficient (Wildman–Crippen LogP) is 2.33. The molecule has 1 amide bonds. The van der Waals surface area contributed by atoms with Crippen LogP contribution in [-0.4, -0.2) is 34.4 Å². The molecule has 0 aromatic rings. The van der Waals surface area contributed by atoms with Crippen LogP contribution < -0.4 is 5.73 Å². The van der Waals surface area contributed by atoms with Gasteiger partial charge in [0.25, 0.3) is 0 Å². The summed E-state index contributed by atoms with van der Waals surface area (Å²) in [6, 6.07) is 0.363. The molecule has 3 N–H and O–H groups in total. The molecule has 0 bridgehead atoms. The third-order valence-electron chi connectivity index (χ3n) is 5.36. The molecule has 20 heavy (non-hydrogen) atoms. The van der Waals surface area contributed by atoms with Crippen molar-refractivity contribution >= 4 is 11.7 Å². The van der Waals surface area contributed by atoms with Crippen LogP contribution in [-0.2, 0) is 4.79 Å². The fourth-order valence-corrected chi connectivity index (χ4v) is 3.75. The van der Waals surface area contributed by atoms with Gasteiger partial charge in [-0.05, 0) is 44.9 Å². The summed E-state index contributed by atoms with van der Waals surface area (Å²) in [5, 5.41) is 12.1. The number of nitrogens with two attached hydrogens (primary N) is 1. The lowest BCUT2D eigenvalue weighted by molar-refractivity contribution is -0.144. The van der Waals surface area contributed by atoms with E-state index in [1.54, 1.807) is 6.92 Å². The van der Waals surface area contributed by atoms with E-state index in [1.807, 2.05) is 11.8 Å². The first-order valence-corrected chi connectivity index (χ1v) is 7.83. The Morgan fingerprint density at radius 2 is 2.00 bits per heavy atom. The first-order valence-electron chi connectivity index (χ1n) is 7.83. The Labute approximate surface area is 121 Å². The normalized spacial score (nSPS) is 30.5. The topological polar surface area (TPSA) is 78.9 Å². The molecule has 5 nitrogen and oxygen atoms in total. The molecule has 1 saturated carbocycles. The van der Waals surface area contributed by atoms with Gasteiger partial charge >= 0.3 is 0 Å². The summed E-state index contributed by atoms with van der Waals surface area (Å²) in [5.74, 6) is 0.713. The molecule has 5 heteroatoms. The van der Waals surface area contributed by atoms with Crippen LogP contribution >= 0.6 is 0 Å². The maximum Gasteiger partial charge on any atom is 0.236 e. The number of amidine groups is 1. The van der Waals surface area contributed by atoms with Crippen LogP contribution in [0.5, 0.6) is 0 Å². The number of hydrogen-bond donors (Lipinski definition) is 2. The van der Waals surface area contributed by atoms with Crippen molar-refractivity contribution in [1.82, 2.24) is 4.90 Å². The first-order chi connectivity index (χ1) is 9.54. The maximum atomic E-state index is 13.0. The highest BCUT2D eigenvalue weighted by molar-refractivity contribution is 6.06. The van der Waals surface area contributed by atoms with Crippen molar-refractivity contribution in [3.63, 3.8) is 0 Å². The molecule has 1 aliphatic carbocycles. The summed E-state index contributed by atoms with van der Waals surface area (Å²) >= 11 is 0. The van der Waals surface area contributed by atoms with Crippen LogP contribution in [0.4, 0.5) is 0 Å². The molecule has 114 valence electrons. The lowest BCUT2D eigenvalue weighted by atomic mass is 9.76. The van der Waals surface area contributed by atoms with E-state index in [-0.39, 0.29) is 11.7 Å². The first kappa shape index (κ1) is 15.1. The van der Waals surface area contributed by atoms with Crippen LogP contribution in [0.1, 0.15) is 58.8 Å². The van der Waals surface area contributed by atoms with E-state index in [1.165, 1.54) is 25.7 Å². The lowest BCUT2D eigenvalue weighted by Gasteiger charge is -2.46. The summed E-state index contributed by atoms with van der Waals surface area (Å²) in [6.45, 7) is 4.52. The molecule has 3 atom stereocenters. The van der Waals surface area contributed by atoms with Crippen LogP contribution in [0.25, 0.3) is 0 Å². The van der Waals surface area contributed by atoms with Gasteiger partial charge in [0.1, 0.15) is 5.41 Å². The van der Waals surface area contributed by atoms with Gasteiger partial charge in [0.2, 0.25) is 5.91 Å². The second-order valence-electron chi connectivity index (χ2n) is 6.42. The van der Waals surface area contributed by atoms with Crippen molar-refractivity contribution in [2.24, 2.45) is 22.2 Å². The molecule has 1 aliphatic heterocycles. The minimum atomic E-state index is -0.881. The Balaban J connectivity index is 2.22. The molecular weight excluding hydrogens is 254 g/mol. The Bertz CT molecular complexity index is 395. The molecule has 0 spiro atoms. The number of carbonyl (C=O) groups excluding carboxylic acids is 1. The zero-order valence-electron chi connectivity index (χ0n) is 12.6.